The summed E-state index contributed by atoms with van der Waals surface area (Å²) in [4.78, 5) is 11.7. The van der Waals surface area contributed by atoms with Crippen molar-refractivity contribution < 1.29 is 19.4 Å². The van der Waals surface area contributed by atoms with Gasteiger partial charge in [0.15, 0.2) is 0 Å². The average Bonchev–Trinajstić information content (AvgIpc) is 2.98. The lowest BCUT2D eigenvalue weighted by Gasteiger charge is -2.19. The lowest BCUT2D eigenvalue weighted by molar-refractivity contribution is 0.0800. The molecule has 110 valence electrons. The van der Waals surface area contributed by atoms with E-state index < -0.39 is 6.09 Å². The van der Waals surface area contributed by atoms with Crippen LogP contribution in [0.25, 0.3) is 0 Å². The van der Waals surface area contributed by atoms with Crippen molar-refractivity contribution in [1.82, 2.24) is 5.32 Å². The Kier molecular flexibility index (Phi) is 5.83. The monoisotopic (exact) mass is 279 g/mol. The topological polar surface area (TPSA) is 67.8 Å². The van der Waals surface area contributed by atoms with E-state index in [-0.39, 0.29) is 25.4 Å². The van der Waals surface area contributed by atoms with E-state index in [1.54, 1.807) is 0 Å². The molecule has 1 saturated heterocycles. The molecule has 1 aliphatic heterocycles. The fourth-order valence-electron chi connectivity index (χ4n) is 2.26. The first-order valence-electron chi connectivity index (χ1n) is 6.97. The molecule has 0 bridgehead atoms. The van der Waals surface area contributed by atoms with Crippen LogP contribution in [0, 0.1) is 0 Å². The van der Waals surface area contributed by atoms with Gasteiger partial charge < -0.3 is 19.9 Å². The quantitative estimate of drug-likeness (QED) is 0.834. The van der Waals surface area contributed by atoms with Gasteiger partial charge in [-0.2, -0.15) is 0 Å². The normalized spacial score (nSPS) is 19.6. The zero-order chi connectivity index (χ0) is 14.2. The molecule has 0 spiro atoms. The summed E-state index contributed by atoms with van der Waals surface area (Å²) in [6, 6.07) is 9.16. The van der Waals surface area contributed by atoms with E-state index in [4.69, 9.17) is 9.47 Å². The summed E-state index contributed by atoms with van der Waals surface area (Å²) in [5.41, 5.74) is 0.933. The Morgan fingerprint density at radius 1 is 1.45 bits per heavy atom. The van der Waals surface area contributed by atoms with Gasteiger partial charge in [0.05, 0.1) is 18.8 Å². The Hall–Kier alpha value is -1.59. The molecule has 0 saturated carbocycles. The number of carbonyl (C=O) groups excluding carboxylic acids is 1. The smallest absolute Gasteiger partial charge is 0.407 e. The van der Waals surface area contributed by atoms with Crippen LogP contribution < -0.4 is 5.32 Å². The summed E-state index contributed by atoms with van der Waals surface area (Å²) in [7, 11) is 0. The van der Waals surface area contributed by atoms with Crippen molar-refractivity contribution in [3.63, 3.8) is 0 Å². The molecule has 20 heavy (non-hydrogen) atoms. The van der Waals surface area contributed by atoms with Crippen molar-refractivity contribution in [1.29, 1.82) is 0 Å². The Bertz CT molecular complexity index is 404. The number of aliphatic hydroxyl groups is 1. The number of carbonyl (C=O) groups is 1. The van der Waals surface area contributed by atoms with Crippen molar-refractivity contribution in [2.24, 2.45) is 0 Å². The summed E-state index contributed by atoms with van der Waals surface area (Å²) in [5, 5.41) is 12.0. The lowest BCUT2D eigenvalue weighted by Crippen LogP contribution is -2.40. The maximum absolute atomic E-state index is 11.7. The van der Waals surface area contributed by atoms with Crippen LogP contribution >= 0.6 is 0 Å². The molecule has 1 heterocycles. The van der Waals surface area contributed by atoms with Crippen LogP contribution in [0.5, 0.6) is 0 Å². The van der Waals surface area contributed by atoms with E-state index in [0.717, 1.165) is 25.0 Å². The van der Waals surface area contributed by atoms with Gasteiger partial charge in [-0.25, -0.2) is 4.79 Å². The molecule has 1 fully saturated rings. The number of rotatable bonds is 6. The molecular formula is C15H21NO4. The number of hydrogen-bond donors (Lipinski definition) is 2. The standard InChI is InChI=1S/C15H21NO4/c17-10-13(9-14-7-4-8-19-14)16-15(18)20-11-12-5-2-1-3-6-12/h1-3,5-6,13-14,17H,4,7-11H2,(H,16,18). The second-order valence-electron chi connectivity index (χ2n) is 4.96. The number of aliphatic hydroxyl groups excluding tert-OH is 1. The van der Waals surface area contributed by atoms with Crippen LogP contribution in [-0.4, -0.2) is 36.6 Å². The molecule has 0 aromatic heterocycles. The molecule has 5 nitrogen and oxygen atoms in total. The molecule has 5 heteroatoms. The minimum absolute atomic E-state index is 0.111. The van der Waals surface area contributed by atoms with Crippen molar-refractivity contribution >= 4 is 6.09 Å². The maximum Gasteiger partial charge on any atom is 0.407 e. The third-order valence-corrected chi connectivity index (χ3v) is 3.33. The van der Waals surface area contributed by atoms with Crippen LogP contribution in [0.15, 0.2) is 30.3 Å². The van der Waals surface area contributed by atoms with Crippen molar-refractivity contribution in [2.75, 3.05) is 13.2 Å². The largest absolute Gasteiger partial charge is 0.445 e. The first kappa shape index (κ1) is 14.8. The molecule has 0 radical (unpaired) electrons. The highest BCUT2D eigenvalue weighted by Crippen LogP contribution is 2.16. The number of ether oxygens (including phenoxy) is 2. The highest BCUT2D eigenvalue weighted by Gasteiger charge is 2.22. The predicted molar refractivity (Wildman–Crippen MR) is 74.2 cm³/mol. The molecule has 1 aliphatic rings. The molecule has 2 atom stereocenters. The van der Waals surface area contributed by atoms with E-state index in [9.17, 15) is 9.90 Å². The SMILES string of the molecule is O=C(NC(CO)CC1CCCO1)OCc1ccccc1. The maximum atomic E-state index is 11.7. The van der Waals surface area contributed by atoms with Gasteiger partial charge >= 0.3 is 6.09 Å². The number of alkyl carbamates (subject to hydrolysis) is 1. The second-order valence-corrected chi connectivity index (χ2v) is 4.96. The minimum Gasteiger partial charge on any atom is -0.445 e. The zero-order valence-corrected chi connectivity index (χ0v) is 11.5. The molecule has 0 aliphatic carbocycles. The summed E-state index contributed by atoms with van der Waals surface area (Å²) in [5.74, 6) is 0. The Morgan fingerprint density at radius 3 is 2.90 bits per heavy atom. The molecule has 2 unspecified atom stereocenters. The third kappa shape index (κ3) is 4.83. The lowest BCUT2D eigenvalue weighted by atomic mass is 10.1. The molecule has 1 aromatic rings. The van der Waals surface area contributed by atoms with Crippen LogP contribution in [0.4, 0.5) is 4.79 Å². The molecule has 2 rings (SSSR count). The van der Waals surface area contributed by atoms with Crippen LogP contribution in [0.1, 0.15) is 24.8 Å². The van der Waals surface area contributed by atoms with Crippen molar-refractivity contribution in [3.8, 4) is 0 Å². The first-order valence-corrected chi connectivity index (χ1v) is 6.97. The summed E-state index contributed by atoms with van der Waals surface area (Å²) in [6.07, 6.45) is 2.27. The first-order chi connectivity index (χ1) is 9.78. The number of hydrogen-bond acceptors (Lipinski definition) is 4. The molecular weight excluding hydrogens is 258 g/mol. The van der Waals surface area contributed by atoms with E-state index in [2.05, 4.69) is 5.32 Å². The van der Waals surface area contributed by atoms with E-state index >= 15 is 0 Å². The number of nitrogens with one attached hydrogen (secondary N) is 1. The van der Waals surface area contributed by atoms with Gasteiger partial charge in [0.25, 0.3) is 0 Å². The Morgan fingerprint density at radius 2 is 2.25 bits per heavy atom. The van der Waals surface area contributed by atoms with Gasteiger partial charge in [-0.1, -0.05) is 30.3 Å². The van der Waals surface area contributed by atoms with Crippen LogP contribution in [0.2, 0.25) is 0 Å². The van der Waals surface area contributed by atoms with Gasteiger partial charge in [-0.3, -0.25) is 0 Å². The van der Waals surface area contributed by atoms with Crippen molar-refractivity contribution in [3.05, 3.63) is 35.9 Å². The highest BCUT2D eigenvalue weighted by molar-refractivity contribution is 5.67. The summed E-state index contributed by atoms with van der Waals surface area (Å²) in [6.45, 7) is 0.881. The zero-order valence-electron chi connectivity index (χ0n) is 11.5. The Labute approximate surface area is 118 Å². The van der Waals surface area contributed by atoms with E-state index in [1.165, 1.54) is 0 Å². The van der Waals surface area contributed by atoms with Crippen LogP contribution in [0.3, 0.4) is 0 Å². The summed E-state index contributed by atoms with van der Waals surface area (Å²) >= 11 is 0. The third-order valence-electron chi connectivity index (χ3n) is 3.33. The predicted octanol–water partition coefficient (Wildman–Crippen LogP) is 1.84. The highest BCUT2D eigenvalue weighted by atomic mass is 16.5. The minimum atomic E-state index is -0.508. The number of benzene rings is 1. The Balaban J connectivity index is 1.71. The summed E-state index contributed by atoms with van der Waals surface area (Å²) < 4.78 is 10.6. The van der Waals surface area contributed by atoms with Crippen LogP contribution in [-0.2, 0) is 16.1 Å². The van der Waals surface area contributed by atoms with E-state index in [1.807, 2.05) is 30.3 Å². The van der Waals surface area contributed by atoms with Gasteiger partial charge in [-0.15, -0.1) is 0 Å². The fraction of sp³-hybridized carbons (Fsp3) is 0.533. The van der Waals surface area contributed by atoms with Gasteiger partial charge in [0.1, 0.15) is 6.61 Å². The van der Waals surface area contributed by atoms with Gasteiger partial charge in [-0.05, 0) is 24.8 Å². The van der Waals surface area contributed by atoms with Gasteiger partial charge in [0.2, 0.25) is 0 Å². The average molecular weight is 279 g/mol. The molecule has 1 aromatic carbocycles. The van der Waals surface area contributed by atoms with Gasteiger partial charge in [0, 0.05) is 6.61 Å². The fourth-order valence-corrected chi connectivity index (χ4v) is 2.26. The molecule has 1 amide bonds. The number of amides is 1. The second kappa shape index (κ2) is 7.87. The molecule has 2 N–H and O–H groups in total. The van der Waals surface area contributed by atoms with E-state index in [0.29, 0.717) is 6.42 Å². The van der Waals surface area contributed by atoms with Crippen molar-refractivity contribution in [2.45, 2.75) is 38.0 Å².